The summed E-state index contributed by atoms with van der Waals surface area (Å²) in [6.07, 6.45) is -0.963. The highest BCUT2D eigenvalue weighted by Crippen LogP contribution is 2.51. The summed E-state index contributed by atoms with van der Waals surface area (Å²) in [6.45, 7) is 14.7. The smallest absolute Gasteiger partial charge is 0.429 e. The number of carbonyl (C=O) groups excluding carboxylic acids is 4. The van der Waals surface area contributed by atoms with Crippen molar-refractivity contribution in [2.75, 3.05) is 26.3 Å². The average molecular weight is 635 g/mol. The van der Waals surface area contributed by atoms with Crippen molar-refractivity contribution in [3.63, 3.8) is 0 Å². The van der Waals surface area contributed by atoms with Gasteiger partial charge in [0.25, 0.3) is 0 Å². The first-order valence-corrected chi connectivity index (χ1v) is 15.8. The molecular formula is C31H46N4O10. The molecule has 6 atom stereocenters. The van der Waals surface area contributed by atoms with Gasteiger partial charge in [-0.1, -0.05) is 12.2 Å². The molecule has 0 unspecified atom stereocenters. The van der Waals surface area contributed by atoms with Crippen molar-refractivity contribution in [2.24, 2.45) is 11.8 Å². The number of nitrogens with zero attached hydrogens (tertiary/aromatic N) is 4. The molecule has 0 spiro atoms. The predicted octanol–water partition coefficient (Wildman–Crippen LogP) is 4.26. The molecule has 3 fully saturated rings. The van der Waals surface area contributed by atoms with Crippen molar-refractivity contribution in [1.29, 1.82) is 0 Å². The molecule has 5 aliphatic rings. The Morgan fingerprint density at radius 2 is 0.933 bits per heavy atom. The number of ether oxygens (including phenoxy) is 6. The Bertz CT molecular complexity index is 1140. The Morgan fingerprint density at radius 1 is 0.600 bits per heavy atom. The summed E-state index contributed by atoms with van der Waals surface area (Å²) in [5.41, 5.74) is 1.70. The lowest BCUT2D eigenvalue weighted by atomic mass is 9.83. The van der Waals surface area contributed by atoms with Gasteiger partial charge in [-0.3, -0.25) is 0 Å². The summed E-state index contributed by atoms with van der Waals surface area (Å²) >= 11 is 0. The van der Waals surface area contributed by atoms with E-state index in [2.05, 4.69) is 0 Å². The summed E-state index contributed by atoms with van der Waals surface area (Å²) in [5, 5.41) is 5.30. The van der Waals surface area contributed by atoms with Crippen LogP contribution in [0.5, 0.6) is 0 Å². The van der Waals surface area contributed by atoms with Crippen LogP contribution in [-0.2, 0) is 28.4 Å². The van der Waals surface area contributed by atoms with Crippen molar-refractivity contribution in [3.8, 4) is 0 Å². The third-order valence-corrected chi connectivity index (χ3v) is 8.41. The molecule has 4 amide bonds. The normalized spacial score (nSPS) is 29.1. The molecule has 1 aliphatic carbocycles. The third kappa shape index (κ3) is 6.44. The molecule has 2 saturated heterocycles. The molecule has 0 radical (unpaired) electrons. The first kappa shape index (κ1) is 32.9. The van der Waals surface area contributed by atoms with Crippen molar-refractivity contribution in [3.05, 3.63) is 23.3 Å². The zero-order chi connectivity index (χ0) is 32.7. The van der Waals surface area contributed by atoms with Gasteiger partial charge in [-0.25, -0.2) is 39.2 Å². The second kappa shape index (κ2) is 13.1. The molecule has 0 aromatic rings. The second-order valence-electron chi connectivity index (χ2n) is 13.1. The Hall–Kier alpha value is -3.52. The molecule has 1 saturated carbocycles. The van der Waals surface area contributed by atoms with Gasteiger partial charge in [-0.05, 0) is 73.0 Å². The molecule has 14 nitrogen and oxygen atoms in total. The van der Waals surface area contributed by atoms with Crippen molar-refractivity contribution in [1.82, 2.24) is 20.0 Å². The highest BCUT2D eigenvalue weighted by atomic mass is 16.6. The Balaban J connectivity index is 1.51. The van der Waals surface area contributed by atoms with E-state index in [-0.39, 0.29) is 38.1 Å². The average Bonchev–Trinajstić information content (AvgIpc) is 3.33. The second-order valence-corrected chi connectivity index (χ2v) is 13.1. The van der Waals surface area contributed by atoms with Crippen molar-refractivity contribution >= 4 is 24.4 Å². The number of hydrogen-bond acceptors (Lipinski definition) is 10. The van der Waals surface area contributed by atoms with E-state index in [0.717, 1.165) is 11.1 Å². The first-order valence-electron chi connectivity index (χ1n) is 15.8. The molecule has 0 aromatic carbocycles. The largest absolute Gasteiger partial charge is 0.445 e. The fourth-order valence-corrected chi connectivity index (χ4v) is 6.93. The minimum Gasteiger partial charge on any atom is -0.445 e. The lowest BCUT2D eigenvalue weighted by Gasteiger charge is -2.49. The minimum absolute atomic E-state index is 0.117. The van der Waals surface area contributed by atoms with Crippen LogP contribution < -0.4 is 0 Å². The Labute approximate surface area is 264 Å². The van der Waals surface area contributed by atoms with Gasteiger partial charge in [0.2, 0.25) is 0 Å². The molecule has 5 rings (SSSR count). The van der Waals surface area contributed by atoms with E-state index in [4.69, 9.17) is 28.4 Å². The SMILES string of the molecule is CC(C)OC(=O)N1CC=C2CO[C@@H]3[C@@H](C[C@H]4[C@@H]3OCC3=CCN(C(=O)OC(C)C)N(C(=O)OC(C)C)[C@@H]34)[C@@H]2N1C(=O)OC(C)C. The minimum atomic E-state index is -0.666. The molecule has 0 N–H and O–H groups in total. The van der Waals surface area contributed by atoms with Crippen LogP contribution >= 0.6 is 0 Å². The molecule has 250 valence electrons. The number of amides is 4. The van der Waals surface area contributed by atoms with Crippen molar-refractivity contribution in [2.45, 2.75) is 111 Å². The molecule has 0 aromatic heterocycles. The molecule has 4 aliphatic heterocycles. The quantitative estimate of drug-likeness (QED) is 0.326. The van der Waals surface area contributed by atoms with Gasteiger partial charge < -0.3 is 28.4 Å². The van der Waals surface area contributed by atoms with Crippen LogP contribution in [0, 0.1) is 11.8 Å². The maximum atomic E-state index is 13.7. The van der Waals surface area contributed by atoms with Crippen LogP contribution in [0.2, 0.25) is 0 Å². The molecule has 45 heavy (non-hydrogen) atoms. The third-order valence-electron chi connectivity index (χ3n) is 8.41. The first-order chi connectivity index (χ1) is 21.3. The summed E-state index contributed by atoms with van der Waals surface area (Å²) < 4.78 is 35.1. The maximum Gasteiger partial charge on any atom is 0.429 e. The summed E-state index contributed by atoms with van der Waals surface area (Å²) in [6, 6.07) is -1.15. The van der Waals surface area contributed by atoms with Gasteiger partial charge in [0.05, 0.1) is 75.0 Å². The van der Waals surface area contributed by atoms with Gasteiger partial charge in [0.15, 0.2) is 0 Å². The van der Waals surface area contributed by atoms with Crippen LogP contribution in [0.1, 0.15) is 61.8 Å². The molecule has 4 heterocycles. The van der Waals surface area contributed by atoms with Crippen LogP contribution in [0.3, 0.4) is 0 Å². The van der Waals surface area contributed by atoms with E-state index >= 15 is 0 Å². The van der Waals surface area contributed by atoms with E-state index in [1.165, 1.54) is 20.0 Å². The van der Waals surface area contributed by atoms with E-state index in [9.17, 15) is 19.2 Å². The molecule has 14 heteroatoms. The van der Waals surface area contributed by atoms with E-state index < -0.39 is 73.1 Å². The number of rotatable bonds is 4. The highest BCUT2D eigenvalue weighted by molar-refractivity contribution is 5.77. The number of hydrogen-bond donors (Lipinski definition) is 0. The fraction of sp³-hybridized carbons (Fsp3) is 0.742. The number of carbonyl (C=O) groups is 4. The van der Waals surface area contributed by atoms with Gasteiger partial charge in [0.1, 0.15) is 0 Å². The zero-order valence-electron chi connectivity index (χ0n) is 27.3. The standard InChI is InChI=1S/C31H46N4O10/c1-16(2)42-28(36)32-11-9-20-14-40-26-22(24(20)34(32)30(38)44-18(5)6)13-23-25-21(15-41-27(23)26)10-12-33(29(37)43-17(3)4)35(25)31(39)45-19(7)8/h9-10,16-19,22-27H,11-15H2,1-8H3/t22-,23+,24+,25-,26+,27-. The maximum absolute atomic E-state index is 13.7. The fourth-order valence-electron chi connectivity index (χ4n) is 6.93. The topological polar surface area (TPSA) is 137 Å². The summed E-state index contributed by atoms with van der Waals surface area (Å²) in [5.74, 6) is -0.649. The van der Waals surface area contributed by atoms with Gasteiger partial charge in [-0.15, -0.1) is 0 Å². The highest BCUT2D eigenvalue weighted by Gasteiger charge is 2.61. The van der Waals surface area contributed by atoms with Gasteiger partial charge in [-0.2, -0.15) is 0 Å². The monoisotopic (exact) mass is 634 g/mol. The zero-order valence-corrected chi connectivity index (χ0v) is 27.3. The van der Waals surface area contributed by atoms with Crippen LogP contribution in [0.4, 0.5) is 19.2 Å². The number of hydrazine groups is 2. The van der Waals surface area contributed by atoms with Gasteiger partial charge >= 0.3 is 24.4 Å². The lowest BCUT2D eigenvalue weighted by molar-refractivity contribution is -0.142. The summed E-state index contributed by atoms with van der Waals surface area (Å²) in [7, 11) is 0. The Kier molecular flexibility index (Phi) is 9.54. The summed E-state index contributed by atoms with van der Waals surface area (Å²) in [4.78, 5) is 53.8. The van der Waals surface area contributed by atoms with Crippen LogP contribution in [0.15, 0.2) is 23.3 Å². The lowest BCUT2D eigenvalue weighted by Crippen LogP contribution is -2.64. The number of fused-ring (bicyclic) bond motifs is 7. The van der Waals surface area contributed by atoms with E-state index in [1.807, 2.05) is 12.2 Å². The van der Waals surface area contributed by atoms with Crippen LogP contribution in [0.25, 0.3) is 0 Å². The predicted molar refractivity (Wildman–Crippen MR) is 158 cm³/mol. The molecular weight excluding hydrogens is 588 g/mol. The van der Waals surface area contributed by atoms with Crippen LogP contribution in [-0.4, -0.2) is 119 Å². The van der Waals surface area contributed by atoms with Crippen molar-refractivity contribution < 1.29 is 47.6 Å². The molecule has 0 bridgehead atoms. The van der Waals surface area contributed by atoms with Gasteiger partial charge in [0, 0.05) is 11.8 Å². The Morgan fingerprint density at radius 3 is 1.27 bits per heavy atom. The van der Waals surface area contributed by atoms with E-state index in [1.54, 1.807) is 55.4 Å². The van der Waals surface area contributed by atoms with E-state index in [0.29, 0.717) is 6.42 Å².